The maximum absolute atomic E-state index is 4.46. The summed E-state index contributed by atoms with van der Waals surface area (Å²) in [6.45, 7) is 10.3. The molecule has 27 heavy (non-hydrogen) atoms. The molecule has 3 rings (SSSR count). The molecule has 2 aliphatic heterocycles. The van der Waals surface area contributed by atoms with Crippen LogP contribution in [0.4, 0.5) is 5.00 Å². The Morgan fingerprint density at radius 1 is 1.26 bits per heavy atom. The lowest BCUT2D eigenvalue weighted by Gasteiger charge is -2.34. The number of aliphatic imine (C=N–C) groups is 1. The van der Waals surface area contributed by atoms with Crippen LogP contribution in [0.5, 0.6) is 0 Å². The second-order valence-corrected chi connectivity index (χ2v) is 8.92. The van der Waals surface area contributed by atoms with E-state index in [2.05, 4.69) is 56.8 Å². The fourth-order valence-electron chi connectivity index (χ4n) is 4.13. The van der Waals surface area contributed by atoms with Crippen molar-refractivity contribution >= 4 is 46.3 Å². The van der Waals surface area contributed by atoms with Gasteiger partial charge in [0.05, 0.1) is 5.00 Å². The van der Waals surface area contributed by atoms with Gasteiger partial charge in [-0.25, -0.2) is 0 Å². The zero-order valence-corrected chi connectivity index (χ0v) is 20.1. The predicted molar refractivity (Wildman–Crippen MR) is 129 cm³/mol. The van der Waals surface area contributed by atoms with E-state index in [-0.39, 0.29) is 24.0 Å². The van der Waals surface area contributed by atoms with Crippen LogP contribution < -0.4 is 15.5 Å². The molecule has 1 aromatic heterocycles. The van der Waals surface area contributed by atoms with Crippen LogP contribution in [0.15, 0.2) is 22.5 Å². The Kier molecular flexibility index (Phi) is 9.65. The third-order valence-corrected chi connectivity index (χ3v) is 6.41. The summed E-state index contributed by atoms with van der Waals surface area (Å²) in [6, 6.07) is 5.54. The maximum atomic E-state index is 4.46. The smallest absolute Gasteiger partial charge is 0.191 e. The molecule has 2 fully saturated rings. The normalized spacial score (nSPS) is 22.1. The first-order valence-corrected chi connectivity index (χ1v) is 11.0. The summed E-state index contributed by atoms with van der Waals surface area (Å²) < 4.78 is 0. The van der Waals surface area contributed by atoms with Crippen molar-refractivity contribution in [1.82, 2.24) is 15.5 Å². The monoisotopic (exact) mass is 505 g/mol. The fraction of sp³-hybridized carbons (Fsp3) is 0.750. The molecule has 1 atom stereocenters. The van der Waals surface area contributed by atoms with Gasteiger partial charge in [0.15, 0.2) is 5.96 Å². The lowest BCUT2D eigenvalue weighted by Crippen LogP contribution is -2.51. The van der Waals surface area contributed by atoms with Crippen LogP contribution in [0.25, 0.3) is 0 Å². The van der Waals surface area contributed by atoms with E-state index in [0.29, 0.717) is 12.1 Å². The molecule has 2 aliphatic rings. The molecule has 0 amide bonds. The molecule has 5 nitrogen and oxygen atoms in total. The van der Waals surface area contributed by atoms with E-state index < -0.39 is 0 Å². The first kappa shape index (κ1) is 22.7. The molecular formula is C20H36IN5S. The van der Waals surface area contributed by atoms with Gasteiger partial charge in [-0.05, 0) is 55.7 Å². The number of hydrogen-bond donors (Lipinski definition) is 2. The molecule has 3 heterocycles. The third-order valence-electron chi connectivity index (χ3n) is 5.48. The highest BCUT2D eigenvalue weighted by Crippen LogP contribution is 2.24. The quantitative estimate of drug-likeness (QED) is 0.352. The van der Waals surface area contributed by atoms with Gasteiger partial charge in [-0.2, -0.15) is 0 Å². The number of anilines is 1. The van der Waals surface area contributed by atoms with E-state index >= 15 is 0 Å². The Bertz CT molecular complexity index is 555. The number of thiophene rings is 1. The Labute approximate surface area is 186 Å². The van der Waals surface area contributed by atoms with E-state index in [4.69, 9.17) is 0 Å². The van der Waals surface area contributed by atoms with Crippen molar-refractivity contribution in [2.45, 2.75) is 51.6 Å². The third kappa shape index (κ3) is 6.78. The summed E-state index contributed by atoms with van der Waals surface area (Å²) in [5, 5.41) is 10.8. The van der Waals surface area contributed by atoms with Crippen molar-refractivity contribution < 1.29 is 0 Å². The molecule has 2 saturated heterocycles. The number of nitrogens with zero attached hydrogens (tertiary/aromatic N) is 3. The van der Waals surface area contributed by atoms with Crippen molar-refractivity contribution in [2.24, 2.45) is 10.9 Å². The van der Waals surface area contributed by atoms with Gasteiger partial charge in [0, 0.05) is 45.3 Å². The summed E-state index contributed by atoms with van der Waals surface area (Å²) in [7, 11) is 1.89. The Balaban J connectivity index is 0.00000261. The van der Waals surface area contributed by atoms with Crippen LogP contribution >= 0.6 is 35.3 Å². The Hall–Kier alpha value is -0.540. The number of rotatable bonds is 6. The van der Waals surface area contributed by atoms with Crippen molar-refractivity contribution in [2.75, 3.05) is 44.7 Å². The minimum absolute atomic E-state index is 0. The largest absolute Gasteiger partial charge is 0.363 e. The van der Waals surface area contributed by atoms with Gasteiger partial charge >= 0.3 is 0 Å². The minimum atomic E-state index is 0. The number of guanidine groups is 1. The van der Waals surface area contributed by atoms with Crippen molar-refractivity contribution in [3.8, 4) is 0 Å². The topological polar surface area (TPSA) is 42.9 Å². The molecule has 7 heteroatoms. The number of halogens is 1. The Morgan fingerprint density at radius 3 is 2.67 bits per heavy atom. The number of likely N-dealkylation sites (tertiary alicyclic amines) is 1. The van der Waals surface area contributed by atoms with Crippen molar-refractivity contribution in [3.63, 3.8) is 0 Å². The standard InChI is InChI=1S/C20H35N5S.HI/c1-16(2)15-25-10-4-6-18(25)14-22-20(21-3)23-17-8-11-24(12-9-17)19-7-5-13-26-19;/h5,7,13,16-18H,4,6,8-12,14-15H2,1-3H3,(H2,21,22,23);1H/t18-;/m1./s1. The second-order valence-electron chi connectivity index (χ2n) is 7.99. The van der Waals surface area contributed by atoms with E-state index in [9.17, 15) is 0 Å². The molecule has 0 spiro atoms. The van der Waals surface area contributed by atoms with Gasteiger partial charge < -0.3 is 15.5 Å². The van der Waals surface area contributed by atoms with Gasteiger partial charge in [-0.3, -0.25) is 9.89 Å². The molecule has 2 N–H and O–H groups in total. The average Bonchev–Trinajstić information content (AvgIpc) is 3.31. The summed E-state index contributed by atoms with van der Waals surface area (Å²) >= 11 is 1.84. The van der Waals surface area contributed by atoms with Crippen LogP contribution in [0.3, 0.4) is 0 Å². The molecule has 0 aliphatic carbocycles. The van der Waals surface area contributed by atoms with Crippen LogP contribution in [0.1, 0.15) is 39.5 Å². The SMILES string of the molecule is CN=C(NC[C@H]1CCCN1CC(C)C)NC1CCN(c2cccs2)CC1.I. The van der Waals surface area contributed by atoms with Crippen molar-refractivity contribution in [1.29, 1.82) is 0 Å². The lowest BCUT2D eigenvalue weighted by molar-refractivity contribution is 0.226. The molecular weight excluding hydrogens is 469 g/mol. The highest BCUT2D eigenvalue weighted by Gasteiger charge is 2.25. The zero-order chi connectivity index (χ0) is 18.4. The molecule has 0 bridgehead atoms. The number of piperidine rings is 1. The van der Waals surface area contributed by atoms with E-state index in [0.717, 1.165) is 31.5 Å². The van der Waals surface area contributed by atoms with Gasteiger partial charge in [0.2, 0.25) is 0 Å². The summed E-state index contributed by atoms with van der Waals surface area (Å²) in [5.41, 5.74) is 0. The molecule has 0 radical (unpaired) electrons. The molecule has 0 unspecified atom stereocenters. The van der Waals surface area contributed by atoms with Crippen LogP contribution in [-0.4, -0.2) is 62.7 Å². The van der Waals surface area contributed by atoms with Gasteiger partial charge in [-0.15, -0.1) is 35.3 Å². The van der Waals surface area contributed by atoms with Crippen LogP contribution in [-0.2, 0) is 0 Å². The minimum Gasteiger partial charge on any atom is -0.363 e. The second kappa shape index (κ2) is 11.5. The first-order chi connectivity index (χ1) is 12.7. The van der Waals surface area contributed by atoms with Gasteiger partial charge in [0.25, 0.3) is 0 Å². The summed E-state index contributed by atoms with van der Waals surface area (Å²) in [5.74, 6) is 1.71. The lowest BCUT2D eigenvalue weighted by atomic mass is 10.1. The van der Waals surface area contributed by atoms with Crippen LogP contribution in [0.2, 0.25) is 0 Å². The highest BCUT2D eigenvalue weighted by atomic mass is 127. The predicted octanol–water partition coefficient (Wildman–Crippen LogP) is 3.62. The zero-order valence-electron chi connectivity index (χ0n) is 17.0. The van der Waals surface area contributed by atoms with E-state index in [1.807, 2.05) is 18.4 Å². The van der Waals surface area contributed by atoms with Gasteiger partial charge in [-0.1, -0.05) is 13.8 Å². The first-order valence-electron chi connectivity index (χ1n) is 10.2. The number of hydrogen-bond acceptors (Lipinski definition) is 4. The molecule has 1 aromatic rings. The van der Waals surface area contributed by atoms with Crippen LogP contribution in [0, 0.1) is 5.92 Å². The van der Waals surface area contributed by atoms with E-state index in [1.54, 1.807) is 0 Å². The fourth-order valence-corrected chi connectivity index (χ4v) is 4.92. The molecule has 0 saturated carbocycles. The van der Waals surface area contributed by atoms with Crippen molar-refractivity contribution in [3.05, 3.63) is 17.5 Å². The van der Waals surface area contributed by atoms with Gasteiger partial charge in [0.1, 0.15) is 0 Å². The highest BCUT2D eigenvalue weighted by molar-refractivity contribution is 14.0. The summed E-state index contributed by atoms with van der Waals surface area (Å²) in [4.78, 5) is 9.61. The molecule has 154 valence electrons. The van der Waals surface area contributed by atoms with E-state index in [1.165, 1.54) is 43.8 Å². The maximum Gasteiger partial charge on any atom is 0.191 e. The summed E-state index contributed by atoms with van der Waals surface area (Å²) in [6.07, 6.45) is 4.96. The number of nitrogens with one attached hydrogen (secondary N) is 2. The Morgan fingerprint density at radius 2 is 2.04 bits per heavy atom. The average molecular weight is 506 g/mol. The molecule has 0 aromatic carbocycles.